The molecule has 2 amide bonds. The number of hydrogen-bond acceptors (Lipinski definition) is 5. The molecule has 20 heavy (non-hydrogen) atoms. The molecular formula is C10H6F3NO5S. The molecule has 6 nitrogen and oxygen atoms in total. The maximum Gasteiger partial charge on any atom is 0.525 e. The predicted molar refractivity (Wildman–Crippen MR) is 57.7 cm³/mol. The minimum absolute atomic E-state index is 0.185. The Kier molecular flexibility index (Phi) is 3.10. The summed E-state index contributed by atoms with van der Waals surface area (Å²) in [6, 6.07) is 4.04. The van der Waals surface area contributed by atoms with Crippen molar-refractivity contribution in [1.29, 1.82) is 0 Å². The maximum atomic E-state index is 12.2. The molecule has 108 valence electrons. The Morgan fingerprint density at radius 1 is 1.15 bits per heavy atom. The molecule has 0 bridgehead atoms. The predicted octanol–water partition coefficient (Wildman–Crippen LogP) is 1.37. The minimum atomic E-state index is -6.09. The summed E-state index contributed by atoms with van der Waals surface area (Å²) < 4.78 is 61.9. The molecule has 2 rings (SSSR count). The zero-order valence-electron chi connectivity index (χ0n) is 9.76. The molecule has 0 aromatic heterocycles. The van der Waals surface area contributed by atoms with Crippen molar-refractivity contribution >= 4 is 21.9 Å². The minimum Gasteiger partial charge on any atom is -0.266 e. The van der Waals surface area contributed by atoms with Crippen LogP contribution in [0.2, 0.25) is 0 Å². The van der Waals surface area contributed by atoms with Crippen LogP contribution in [0.5, 0.6) is 0 Å². The number of amides is 2. The van der Waals surface area contributed by atoms with Gasteiger partial charge in [-0.25, -0.2) is 0 Å². The number of imide groups is 1. The number of fused-ring (bicyclic) bond motifs is 1. The molecule has 0 N–H and O–H groups in total. The van der Waals surface area contributed by atoms with Gasteiger partial charge >= 0.3 is 15.6 Å². The zero-order valence-corrected chi connectivity index (χ0v) is 10.6. The van der Waals surface area contributed by atoms with E-state index in [1.807, 2.05) is 0 Å². The van der Waals surface area contributed by atoms with Crippen LogP contribution in [0.25, 0.3) is 0 Å². The Labute approximate surface area is 110 Å². The largest absolute Gasteiger partial charge is 0.525 e. The fourth-order valence-electron chi connectivity index (χ4n) is 1.64. The fourth-order valence-corrected chi connectivity index (χ4v) is 2.06. The third-order valence-corrected chi connectivity index (χ3v) is 3.45. The van der Waals surface area contributed by atoms with Crippen LogP contribution in [0, 0.1) is 6.92 Å². The van der Waals surface area contributed by atoms with E-state index in [1.54, 1.807) is 0 Å². The molecule has 0 spiro atoms. The molecule has 0 fully saturated rings. The molecular weight excluding hydrogens is 303 g/mol. The molecule has 1 aliphatic heterocycles. The first-order valence-corrected chi connectivity index (χ1v) is 6.46. The van der Waals surface area contributed by atoms with E-state index >= 15 is 0 Å². The number of hydrogen-bond donors (Lipinski definition) is 0. The SMILES string of the molecule is Cc1cccc2c1C(=O)N(OS(=O)(=O)C(F)(F)F)C2=O. The second-order valence-electron chi connectivity index (χ2n) is 3.88. The monoisotopic (exact) mass is 309 g/mol. The summed E-state index contributed by atoms with van der Waals surface area (Å²) in [5.74, 6) is -2.52. The van der Waals surface area contributed by atoms with Gasteiger partial charge in [0.15, 0.2) is 0 Å². The van der Waals surface area contributed by atoms with Gasteiger partial charge in [-0.2, -0.15) is 21.6 Å². The van der Waals surface area contributed by atoms with E-state index in [4.69, 9.17) is 0 Å². The highest BCUT2D eigenvalue weighted by molar-refractivity contribution is 7.87. The van der Waals surface area contributed by atoms with Gasteiger partial charge in [0.1, 0.15) is 0 Å². The highest BCUT2D eigenvalue weighted by Gasteiger charge is 2.52. The van der Waals surface area contributed by atoms with E-state index in [1.165, 1.54) is 25.1 Å². The zero-order chi connectivity index (χ0) is 15.3. The smallest absolute Gasteiger partial charge is 0.266 e. The first kappa shape index (κ1) is 14.5. The number of aryl methyl sites for hydroxylation is 1. The second kappa shape index (κ2) is 4.28. The summed E-state index contributed by atoms with van der Waals surface area (Å²) >= 11 is 0. The topological polar surface area (TPSA) is 80.8 Å². The lowest BCUT2D eigenvalue weighted by molar-refractivity contribution is -0.0748. The van der Waals surface area contributed by atoms with Crippen molar-refractivity contribution in [2.24, 2.45) is 0 Å². The maximum absolute atomic E-state index is 12.2. The van der Waals surface area contributed by atoms with Crippen LogP contribution in [0.3, 0.4) is 0 Å². The summed E-state index contributed by atoms with van der Waals surface area (Å²) in [6.07, 6.45) is 0. The number of hydroxylamine groups is 2. The first-order chi connectivity index (χ1) is 9.06. The third kappa shape index (κ3) is 2.06. The Balaban J connectivity index is 2.43. The van der Waals surface area contributed by atoms with Crippen LogP contribution in [0.1, 0.15) is 26.3 Å². The second-order valence-corrected chi connectivity index (χ2v) is 5.40. The lowest BCUT2D eigenvalue weighted by Gasteiger charge is -2.14. The highest BCUT2D eigenvalue weighted by atomic mass is 32.2. The summed E-state index contributed by atoms with van der Waals surface area (Å²) in [7, 11) is -6.09. The number of carbonyl (C=O) groups is 2. The van der Waals surface area contributed by atoms with E-state index in [9.17, 15) is 31.2 Å². The van der Waals surface area contributed by atoms with Crippen LogP contribution >= 0.6 is 0 Å². The van der Waals surface area contributed by atoms with Crippen LogP contribution in [0.4, 0.5) is 13.2 Å². The van der Waals surface area contributed by atoms with Crippen molar-refractivity contribution in [3.8, 4) is 0 Å². The molecule has 1 aromatic carbocycles. The molecule has 10 heteroatoms. The molecule has 1 aromatic rings. The number of rotatable bonds is 2. The van der Waals surface area contributed by atoms with E-state index in [0.29, 0.717) is 5.56 Å². The molecule has 0 aliphatic carbocycles. The van der Waals surface area contributed by atoms with Crippen molar-refractivity contribution in [1.82, 2.24) is 5.06 Å². The van der Waals surface area contributed by atoms with Gasteiger partial charge in [0.25, 0.3) is 11.8 Å². The molecule has 0 unspecified atom stereocenters. The average molecular weight is 309 g/mol. The summed E-state index contributed by atoms with van der Waals surface area (Å²) in [6.45, 7) is 1.45. The van der Waals surface area contributed by atoms with Gasteiger partial charge in [0.05, 0.1) is 11.1 Å². The van der Waals surface area contributed by atoms with E-state index in [-0.39, 0.29) is 11.1 Å². The molecule has 1 aliphatic rings. The van der Waals surface area contributed by atoms with Gasteiger partial charge in [-0.3, -0.25) is 9.59 Å². The van der Waals surface area contributed by atoms with Gasteiger partial charge in [-0.1, -0.05) is 12.1 Å². The van der Waals surface area contributed by atoms with Crippen molar-refractivity contribution in [2.45, 2.75) is 12.4 Å². The molecule has 0 saturated heterocycles. The number of benzene rings is 1. The normalized spacial score (nSPS) is 15.7. The van der Waals surface area contributed by atoms with Gasteiger partial charge < -0.3 is 0 Å². The highest BCUT2D eigenvalue weighted by Crippen LogP contribution is 2.31. The molecule has 0 radical (unpaired) electrons. The van der Waals surface area contributed by atoms with Gasteiger partial charge in [-0.05, 0) is 18.6 Å². The fraction of sp³-hybridized carbons (Fsp3) is 0.200. The van der Waals surface area contributed by atoms with Crippen LogP contribution in [-0.2, 0) is 14.4 Å². The van der Waals surface area contributed by atoms with E-state index < -0.39 is 32.5 Å². The Morgan fingerprint density at radius 2 is 1.75 bits per heavy atom. The first-order valence-electron chi connectivity index (χ1n) is 5.05. The quantitative estimate of drug-likeness (QED) is 0.609. The van der Waals surface area contributed by atoms with Gasteiger partial charge in [0.2, 0.25) is 0 Å². The standard InChI is InChI=1S/C10H6F3NO5S/c1-5-3-2-4-6-7(5)9(16)14(8(6)15)19-20(17,18)10(11,12)13/h2-4H,1H3. The number of nitrogens with zero attached hydrogens (tertiary/aromatic N) is 1. The number of alkyl halides is 3. The van der Waals surface area contributed by atoms with Gasteiger partial charge in [-0.15, -0.1) is 9.35 Å². The van der Waals surface area contributed by atoms with Crippen LogP contribution < -0.4 is 0 Å². The number of carbonyl (C=O) groups excluding carboxylic acids is 2. The summed E-state index contributed by atoms with van der Waals surface area (Å²) in [4.78, 5) is 23.5. The van der Waals surface area contributed by atoms with Crippen LogP contribution in [-0.4, -0.2) is 30.8 Å². The lowest BCUT2D eigenvalue weighted by Crippen LogP contribution is -2.38. The van der Waals surface area contributed by atoms with Crippen molar-refractivity contribution in [3.63, 3.8) is 0 Å². The van der Waals surface area contributed by atoms with Crippen LogP contribution in [0.15, 0.2) is 18.2 Å². The lowest BCUT2D eigenvalue weighted by atomic mass is 10.0. The molecule has 0 atom stereocenters. The van der Waals surface area contributed by atoms with E-state index in [2.05, 4.69) is 4.28 Å². The Hall–Kier alpha value is -1.94. The molecule has 0 saturated carbocycles. The van der Waals surface area contributed by atoms with Gasteiger partial charge in [0, 0.05) is 0 Å². The Bertz CT molecular complexity index is 710. The molecule has 1 heterocycles. The Morgan fingerprint density at radius 3 is 2.25 bits per heavy atom. The van der Waals surface area contributed by atoms with Crippen molar-refractivity contribution in [3.05, 3.63) is 34.9 Å². The van der Waals surface area contributed by atoms with Crippen molar-refractivity contribution < 1.29 is 35.5 Å². The number of halogens is 3. The summed E-state index contributed by atoms with van der Waals surface area (Å²) in [5, 5.41) is -0.402. The van der Waals surface area contributed by atoms with Crippen molar-refractivity contribution in [2.75, 3.05) is 0 Å². The van der Waals surface area contributed by atoms with E-state index in [0.717, 1.165) is 0 Å². The third-order valence-electron chi connectivity index (χ3n) is 2.54. The summed E-state index contributed by atoms with van der Waals surface area (Å²) in [5.41, 5.74) is -5.82. The average Bonchev–Trinajstić information content (AvgIpc) is 2.54.